The van der Waals surface area contributed by atoms with Crippen molar-refractivity contribution in [1.29, 1.82) is 0 Å². The first kappa shape index (κ1) is 13.8. The molecule has 0 aliphatic heterocycles. The smallest absolute Gasteiger partial charge is 0.259 e. The lowest BCUT2D eigenvalue weighted by Gasteiger charge is -2.11. The van der Waals surface area contributed by atoms with E-state index >= 15 is 0 Å². The van der Waals surface area contributed by atoms with Gasteiger partial charge in [0.05, 0.1) is 23.6 Å². The zero-order chi connectivity index (χ0) is 15.0. The molecule has 0 saturated heterocycles. The van der Waals surface area contributed by atoms with Gasteiger partial charge < -0.3 is 9.72 Å². The maximum Gasteiger partial charge on any atom is 0.259 e. The van der Waals surface area contributed by atoms with E-state index < -0.39 is 5.82 Å². The van der Waals surface area contributed by atoms with Crippen LogP contribution < -0.4 is 10.3 Å². The Kier molecular flexibility index (Phi) is 3.47. The highest BCUT2D eigenvalue weighted by atomic mass is 79.9. The van der Waals surface area contributed by atoms with Crippen molar-refractivity contribution < 1.29 is 9.13 Å². The number of nitrogens with zero attached hydrogens (tertiary/aromatic N) is 1. The zero-order valence-corrected chi connectivity index (χ0v) is 12.6. The number of para-hydroxylation sites is 1. The molecule has 106 valence electrons. The lowest BCUT2D eigenvalue weighted by Crippen LogP contribution is -2.10. The number of nitrogens with one attached hydrogen (secondary N) is 1. The Bertz CT molecular complexity index is 892. The Hall–Kier alpha value is -2.21. The molecule has 0 unspecified atom stereocenters. The van der Waals surface area contributed by atoms with E-state index in [1.54, 1.807) is 24.3 Å². The first-order valence-corrected chi connectivity index (χ1v) is 6.92. The molecule has 0 bridgehead atoms. The van der Waals surface area contributed by atoms with E-state index in [2.05, 4.69) is 25.9 Å². The lowest BCUT2D eigenvalue weighted by molar-refractivity contribution is 0.412. The summed E-state index contributed by atoms with van der Waals surface area (Å²) in [7, 11) is 1.43. The standard InChI is InChI=1S/C15H10BrFN2O2/c1-21-12-7-8(17)6-10(16)13(12)14-18-11-5-3-2-4-9(11)15(20)19-14/h2-7H,1H3,(H,18,19,20). The second-order valence-electron chi connectivity index (χ2n) is 4.40. The zero-order valence-electron chi connectivity index (χ0n) is 11.0. The van der Waals surface area contributed by atoms with Gasteiger partial charge in [-0.15, -0.1) is 0 Å². The molecule has 0 atom stereocenters. The van der Waals surface area contributed by atoms with Crippen molar-refractivity contribution in [3.05, 3.63) is 57.0 Å². The van der Waals surface area contributed by atoms with Gasteiger partial charge in [0.25, 0.3) is 5.56 Å². The van der Waals surface area contributed by atoms with Gasteiger partial charge in [0.15, 0.2) is 0 Å². The van der Waals surface area contributed by atoms with E-state index in [1.165, 1.54) is 19.2 Å². The van der Waals surface area contributed by atoms with Crippen LogP contribution in [-0.4, -0.2) is 17.1 Å². The molecular formula is C15H10BrFN2O2. The summed E-state index contributed by atoms with van der Waals surface area (Å²) in [6, 6.07) is 9.56. The van der Waals surface area contributed by atoms with Gasteiger partial charge in [-0.1, -0.05) is 12.1 Å². The number of aromatic amines is 1. The number of benzene rings is 2. The normalized spacial score (nSPS) is 10.8. The van der Waals surface area contributed by atoms with Crippen LogP contribution in [0.2, 0.25) is 0 Å². The van der Waals surface area contributed by atoms with E-state index in [-0.39, 0.29) is 5.56 Å². The van der Waals surface area contributed by atoms with Crippen molar-refractivity contribution >= 4 is 26.8 Å². The highest BCUT2D eigenvalue weighted by Gasteiger charge is 2.15. The average Bonchev–Trinajstić information content (AvgIpc) is 2.46. The number of methoxy groups -OCH3 is 1. The highest BCUT2D eigenvalue weighted by Crippen LogP contribution is 2.35. The van der Waals surface area contributed by atoms with Crippen LogP contribution in [0.15, 0.2) is 45.7 Å². The van der Waals surface area contributed by atoms with Gasteiger partial charge in [-0.3, -0.25) is 4.79 Å². The summed E-state index contributed by atoms with van der Waals surface area (Å²) < 4.78 is 19.1. The molecule has 21 heavy (non-hydrogen) atoms. The first-order valence-electron chi connectivity index (χ1n) is 6.12. The number of hydrogen-bond acceptors (Lipinski definition) is 3. The predicted octanol–water partition coefficient (Wildman–Crippen LogP) is 3.50. The van der Waals surface area contributed by atoms with E-state index in [1.807, 2.05) is 0 Å². The Morgan fingerprint density at radius 2 is 2.05 bits per heavy atom. The summed E-state index contributed by atoms with van der Waals surface area (Å²) in [6.45, 7) is 0. The number of fused-ring (bicyclic) bond motifs is 1. The van der Waals surface area contributed by atoms with Gasteiger partial charge in [-0.05, 0) is 34.1 Å². The van der Waals surface area contributed by atoms with Crippen LogP contribution in [0.5, 0.6) is 5.75 Å². The maximum atomic E-state index is 13.4. The number of H-pyrrole nitrogens is 1. The second-order valence-corrected chi connectivity index (χ2v) is 5.25. The summed E-state index contributed by atoms with van der Waals surface area (Å²) >= 11 is 3.28. The topological polar surface area (TPSA) is 55.0 Å². The van der Waals surface area contributed by atoms with Crippen LogP contribution in [0.3, 0.4) is 0 Å². The van der Waals surface area contributed by atoms with Crippen LogP contribution >= 0.6 is 15.9 Å². The monoisotopic (exact) mass is 348 g/mol. The molecule has 1 N–H and O–H groups in total. The molecule has 3 aromatic rings. The fourth-order valence-electron chi connectivity index (χ4n) is 2.15. The molecule has 6 heteroatoms. The average molecular weight is 349 g/mol. The minimum absolute atomic E-state index is 0.256. The van der Waals surface area contributed by atoms with E-state index in [9.17, 15) is 9.18 Å². The Labute approximate surface area is 127 Å². The van der Waals surface area contributed by atoms with E-state index in [0.29, 0.717) is 32.5 Å². The SMILES string of the molecule is COc1cc(F)cc(Br)c1-c1nc2ccccc2c(=O)[nH]1. The summed E-state index contributed by atoms with van der Waals surface area (Å²) in [5, 5.41) is 0.499. The molecule has 0 fully saturated rings. The number of rotatable bonds is 2. The van der Waals surface area contributed by atoms with Crippen molar-refractivity contribution in [3.63, 3.8) is 0 Å². The van der Waals surface area contributed by atoms with Crippen molar-refractivity contribution in [2.24, 2.45) is 0 Å². The highest BCUT2D eigenvalue weighted by molar-refractivity contribution is 9.10. The minimum Gasteiger partial charge on any atom is -0.496 e. The van der Waals surface area contributed by atoms with Crippen LogP contribution in [0.4, 0.5) is 4.39 Å². The fourth-order valence-corrected chi connectivity index (χ4v) is 2.75. The molecule has 2 aromatic carbocycles. The molecule has 1 aromatic heterocycles. The van der Waals surface area contributed by atoms with Gasteiger partial charge in [-0.25, -0.2) is 9.37 Å². The maximum absolute atomic E-state index is 13.4. The first-order chi connectivity index (χ1) is 10.1. The molecule has 4 nitrogen and oxygen atoms in total. The van der Waals surface area contributed by atoms with Crippen LogP contribution in [0.25, 0.3) is 22.3 Å². The molecule has 0 aliphatic carbocycles. The third kappa shape index (κ3) is 2.42. The molecule has 0 aliphatic rings. The Balaban J connectivity index is 2.33. The third-order valence-corrected chi connectivity index (χ3v) is 3.71. The summed E-state index contributed by atoms with van der Waals surface area (Å²) in [5.74, 6) is 0.174. The largest absolute Gasteiger partial charge is 0.496 e. The molecule has 3 rings (SSSR count). The molecule has 0 radical (unpaired) electrons. The number of hydrogen-bond donors (Lipinski definition) is 1. The number of halogens is 2. The Morgan fingerprint density at radius 3 is 2.81 bits per heavy atom. The third-order valence-electron chi connectivity index (χ3n) is 3.09. The van der Waals surface area contributed by atoms with Crippen molar-refractivity contribution in [1.82, 2.24) is 9.97 Å². The van der Waals surface area contributed by atoms with Gasteiger partial charge in [0, 0.05) is 10.5 Å². The summed E-state index contributed by atoms with van der Waals surface area (Å²) in [5.41, 5.74) is 0.810. The molecular weight excluding hydrogens is 339 g/mol. The minimum atomic E-state index is -0.439. The van der Waals surface area contributed by atoms with Crippen molar-refractivity contribution in [2.75, 3.05) is 7.11 Å². The molecule has 0 saturated carbocycles. The fraction of sp³-hybridized carbons (Fsp3) is 0.0667. The van der Waals surface area contributed by atoms with E-state index in [4.69, 9.17) is 4.74 Å². The second kappa shape index (κ2) is 5.29. The van der Waals surface area contributed by atoms with Gasteiger partial charge in [0.2, 0.25) is 0 Å². The van der Waals surface area contributed by atoms with Crippen LogP contribution in [-0.2, 0) is 0 Å². The number of ether oxygens (including phenoxy) is 1. The van der Waals surface area contributed by atoms with Gasteiger partial charge in [0.1, 0.15) is 17.4 Å². The summed E-state index contributed by atoms with van der Waals surface area (Å²) in [4.78, 5) is 19.2. The van der Waals surface area contributed by atoms with Gasteiger partial charge >= 0.3 is 0 Å². The van der Waals surface area contributed by atoms with Crippen LogP contribution in [0.1, 0.15) is 0 Å². The molecule has 0 spiro atoms. The van der Waals surface area contributed by atoms with Crippen molar-refractivity contribution in [2.45, 2.75) is 0 Å². The quantitative estimate of drug-likeness (QED) is 0.771. The molecule has 1 heterocycles. The molecule has 0 amide bonds. The summed E-state index contributed by atoms with van der Waals surface area (Å²) in [6.07, 6.45) is 0. The van der Waals surface area contributed by atoms with Crippen molar-refractivity contribution in [3.8, 4) is 17.1 Å². The van der Waals surface area contributed by atoms with Gasteiger partial charge in [-0.2, -0.15) is 0 Å². The number of aromatic nitrogens is 2. The Morgan fingerprint density at radius 1 is 1.29 bits per heavy atom. The van der Waals surface area contributed by atoms with E-state index in [0.717, 1.165) is 0 Å². The van der Waals surface area contributed by atoms with Crippen LogP contribution in [0, 0.1) is 5.82 Å². The predicted molar refractivity (Wildman–Crippen MR) is 82.0 cm³/mol. The lowest BCUT2D eigenvalue weighted by atomic mass is 10.1.